The molecule has 0 aliphatic carbocycles. The number of hydrogen-bond donors (Lipinski definition) is 0. The van der Waals surface area contributed by atoms with Gasteiger partial charge >= 0.3 is 6.18 Å². The lowest BCUT2D eigenvalue weighted by atomic mass is 10.2. The zero-order valence-corrected chi connectivity index (χ0v) is 10.0. The van der Waals surface area contributed by atoms with Crippen molar-refractivity contribution in [3.8, 4) is 5.82 Å². The van der Waals surface area contributed by atoms with Gasteiger partial charge in [-0.2, -0.15) is 18.3 Å². The Morgan fingerprint density at radius 3 is 2.53 bits per heavy atom. The second-order valence-electron chi connectivity index (χ2n) is 4.25. The summed E-state index contributed by atoms with van der Waals surface area (Å²) >= 11 is 0. The number of para-hydroxylation sites is 1. The van der Waals surface area contributed by atoms with Crippen LogP contribution in [0.2, 0.25) is 0 Å². The van der Waals surface area contributed by atoms with E-state index < -0.39 is 11.9 Å². The number of rotatable bonds is 1. The standard InChI is InChI=1S/C13H10F3N3/c1-18-12(8-11(17-18)13(14,15)16)19-7-6-9-4-2-3-5-10(9)19/h2-8H,1H3. The number of hydrogen-bond acceptors (Lipinski definition) is 1. The summed E-state index contributed by atoms with van der Waals surface area (Å²) in [6.45, 7) is 0. The van der Waals surface area contributed by atoms with Gasteiger partial charge in [0.1, 0.15) is 5.82 Å². The van der Waals surface area contributed by atoms with E-state index in [1.807, 2.05) is 30.3 Å². The van der Waals surface area contributed by atoms with Gasteiger partial charge in [0.2, 0.25) is 0 Å². The monoisotopic (exact) mass is 265 g/mol. The van der Waals surface area contributed by atoms with Crippen molar-refractivity contribution in [2.75, 3.05) is 0 Å². The van der Waals surface area contributed by atoms with Gasteiger partial charge < -0.3 is 4.57 Å². The molecule has 0 saturated carbocycles. The van der Waals surface area contributed by atoms with Gasteiger partial charge in [-0.3, -0.25) is 4.68 Å². The van der Waals surface area contributed by atoms with E-state index in [9.17, 15) is 13.2 Å². The SMILES string of the molecule is Cn1nc(C(F)(F)F)cc1-n1ccc2ccccc21. The number of alkyl halides is 3. The molecule has 3 aromatic rings. The second kappa shape index (κ2) is 3.88. The Kier molecular flexibility index (Phi) is 2.41. The molecule has 0 aliphatic heterocycles. The summed E-state index contributed by atoms with van der Waals surface area (Å²) in [4.78, 5) is 0. The summed E-state index contributed by atoms with van der Waals surface area (Å²) in [5.41, 5.74) is -0.0398. The van der Waals surface area contributed by atoms with E-state index in [1.165, 1.54) is 11.7 Å². The van der Waals surface area contributed by atoms with Gasteiger partial charge in [0.05, 0.1) is 5.52 Å². The molecule has 0 aliphatic rings. The molecule has 1 aromatic carbocycles. The third kappa shape index (κ3) is 1.89. The number of benzene rings is 1. The van der Waals surface area contributed by atoms with Crippen LogP contribution in [-0.2, 0) is 13.2 Å². The van der Waals surface area contributed by atoms with Crippen LogP contribution in [-0.4, -0.2) is 14.3 Å². The fraction of sp³-hybridized carbons (Fsp3) is 0.154. The van der Waals surface area contributed by atoms with Crippen molar-refractivity contribution in [3.63, 3.8) is 0 Å². The molecule has 0 saturated heterocycles. The molecular weight excluding hydrogens is 255 g/mol. The highest BCUT2D eigenvalue weighted by Gasteiger charge is 2.34. The van der Waals surface area contributed by atoms with Gasteiger partial charge in [-0.1, -0.05) is 18.2 Å². The number of aryl methyl sites for hydroxylation is 1. The first-order valence-electron chi connectivity index (χ1n) is 5.64. The van der Waals surface area contributed by atoms with Crippen molar-refractivity contribution in [2.24, 2.45) is 7.05 Å². The van der Waals surface area contributed by atoms with Crippen LogP contribution in [0.1, 0.15) is 5.69 Å². The average molecular weight is 265 g/mol. The molecule has 0 atom stereocenters. The van der Waals surface area contributed by atoms with Crippen molar-refractivity contribution < 1.29 is 13.2 Å². The van der Waals surface area contributed by atoms with Crippen LogP contribution in [0.4, 0.5) is 13.2 Å². The maximum absolute atomic E-state index is 12.7. The molecule has 0 spiro atoms. The minimum Gasteiger partial charge on any atom is -0.301 e. The van der Waals surface area contributed by atoms with E-state index in [0.717, 1.165) is 17.0 Å². The Balaban J connectivity index is 2.20. The zero-order chi connectivity index (χ0) is 13.6. The number of aromatic nitrogens is 3. The lowest BCUT2D eigenvalue weighted by Gasteiger charge is -2.04. The van der Waals surface area contributed by atoms with Gasteiger partial charge in [0.25, 0.3) is 0 Å². The van der Waals surface area contributed by atoms with E-state index in [-0.39, 0.29) is 0 Å². The van der Waals surface area contributed by atoms with Crippen LogP contribution >= 0.6 is 0 Å². The van der Waals surface area contributed by atoms with Crippen molar-refractivity contribution in [2.45, 2.75) is 6.18 Å². The van der Waals surface area contributed by atoms with Gasteiger partial charge in [-0.05, 0) is 17.5 Å². The van der Waals surface area contributed by atoms with Gasteiger partial charge in [0.15, 0.2) is 5.69 Å². The van der Waals surface area contributed by atoms with Gasteiger partial charge in [-0.15, -0.1) is 0 Å². The van der Waals surface area contributed by atoms with Gasteiger partial charge in [0, 0.05) is 19.3 Å². The maximum Gasteiger partial charge on any atom is 0.435 e. The van der Waals surface area contributed by atoms with Crippen LogP contribution in [0.5, 0.6) is 0 Å². The highest BCUT2D eigenvalue weighted by atomic mass is 19.4. The molecule has 0 bridgehead atoms. The average Bonchev–Trinajstić information content (AvgIpc) is 2.91. The highest BCUT2D eigenvalue weighted by molar-refractivity contribution is 5.81. The predicted octanol–water partition coefficient (Wildman–Crippen LogP) is 3.38. The molecule has 3 rings (SSSR count). The Morgan fingerprint density at radius 1 is 1.11 bits per heavy atom. The van der Waals surface area contributed by atoms with E-state index in [4.69, 9.17) is 0 Å². The molecule has 0 fully saturated rings. The van der Waals surface area contributed by atoms with Crippen LogP contribution in [0.3, 0.4) is 0 Å². The van der Waals surface area contributed by atoms with Crippen molar-refractivity contribution in [1.29, 1.82) is 0 Å². The quantitative estimate of drug-likeness (QED) is 0.661. The van der Waals surface area contributed by atoms with Crippen molar-refractivity contribution in [3.05, 3.63) is 48.3 Å². The van der Waals surface area contributed by atoms with E-state index in [0.29, 0.717) is 5.82 Å². The van der Waals surface area contributed by atoms with Crippen molar-refractivity contribution in [1.82, 2.24) is 14.3 Å². The van der Waals surface area contributed by atoms with E-state index in [1.54, 1.807) is 10.8 Å². The third-order valence-corrected chi connectivity index (χ3v) is 2.99. The molecule has 0 amide bonds. The molecule has 2 heterocycles. The molecule has 0 radical (unpaired) electrons. The molecule has 0 unspecified atom stereocenters. The fourth-order valence-electron chi connectivity index (χ4n) is 2.10. The minimum atomic E-state index is -4.43. The molecule has 6 heteroatoms. The lowest BCUT2D eigenvalue weighted by molar-refractivity contribution is -0.141. The number of nitrogens with zero attached hydrogens (tertiary/aromatic N) is 3. The molecular formula is C13H10F3N3. The first-order chi connectivity index (χ1) is 8.97. The Labute approximate surface area is 106 Å². The molecule has 0 N–H and O–H groups in total. The third-order valence-electron chi connectivity index (χ3n) is 2.99. The molecule has 98 valence electrons. The Morgan fingerprint density at radius 2 is 1.84 bits per heavy atom. The van der Waals surface area contributed by atoms with Crippen LogP contribution in [0.25, 0.3) is 16.7 Å². The predicted molar refractivity (Wildman–Crippen MR) is 65.0 cm³/mol. The Hall–Kier alpha value is -2.24. The maximum atomic E-state index is 12.7. The van der Waals surface area contributed by atoms with Crippen LogP contribution in [0.15, 0.2) is 42.6 Å². The summed E-state index contributed by atoms with van der Waals surface area (Å²) in [6.07, 6.45) is -2.69. The first kappa shape index (κ1) is 11.8. The normalized spacial score (nSPS) is 12.2. The number of halogens is 3. The molecule has 19 heavy (non-hydrogen) atoms. The highest BCUT2D eigenvalue weighted by Crippen LogP contribution is 2.30. The number of fused-ring (bicyclic) bond motifs is 1. The molecule has 2 aromatic heterocycles. The Bertz CT molecular complexity index is 737. The summed E-state index contributed by atoms with van der Waals surface area (Å²) in [5.74, 6) is 0.383. The lowest BCUT2D eigenvalue weighted by Crippen LogP contribution is -2.06. The van der Waals surface area contributed by atoms with Gasteiger partial charge in [-0.25, -0.2) is 0 Å². The largest absolute Gasteiger partial charge is 0.435 e. The van der Waals surface area contributed by atoms with Crippen LogP contribution < -0.4 is 0 Å². The second-order valence-corrected chi connectivity index (χ2v) is 4.25. The summed E-state index contributed by atoms with van der Waals surface area (Å²) in [6, 6.07) is 10.4. The summed E-state index contributed by atoms with van der Waals surface area (Å²) in [7, 11) is 1.50. The summed E-state index contributed by atoms with van der Waals surface area (Å²) < 4.78 is 40.9. The zero-order valence-electron chi connectivity index (χ0n) is 10.0. The van der Waals surface area contributed by atoms with E-state index in [2.05, 4.69) is 5.10 Å². The fourth-order valence-corrected chi connectivity index (χ4v) is 2.10. The minimum absolute atomic E-state index is 0.383. The first-order valence-corrected chi connectivity index (χ1v) is 5.64. The van der Waals surface area contributed by atoms with Crippen LogP contribution in [0, 0.1) is 0 Å². The van der Waals surface area contributed by atoms with Crippen molar-refractivity contribution >= 4 is 10.9 Å². The van der Waals surface area contributed by atoms with E-state index >= 15 is 0 Å². The summed E-state index contributed by atoms with van der Waals surface area (Å²) in [5, 5.41) is 4.49. The smallest absolute Gasteiger partial charge is 0.301 e. The topological polar surface area (TPSA) is 22.8 Å². The molecule has 3 nitrogen and oxygen atoms in total.